The van der Waals surface area contributed by atoms with E-state index in [4.69, 9.17) is 4.74 Å². The number of nitrogens with one attached hydrogen (secondary N) is 1. The number of quaternary nitrogens is 1. The van der Waals surface area contributed by atoms with E-state index in [0.717, 1.165) is 16.8 Å². The number of para-hydroxylation sites is 1. The zero-order valence-electron chi connectivity index (χ0n) is 14.2. The van der Waals surface area contributed by atoms with Crippen LogP contribution < -0.4 is 9.64 Å². The van der Waals surface area contributed by atoms with Gasteiger partial charge in [-0.1, -0.05) is 12.1 Å². The summed E-state index contributed by atoms with van der Waals surface area (Å²) in [4.78, 5) is 1.48. The lowest BCUT2D eigenvalue weighted by Gasteiger charge is -2.50. The maximum atomic E-state index is 10.5. The summed E-state index contributed by atoms with van der Waals surface area (Å²) in [5, 5.41) is 10.5. The molecule has 2 rings (SSSR count). The minimum absolute atomic E-state index is 0.204. The second kappa shape index (κ2) is 6.90. The first kappa shape index (κ1) is 17.8. The van der Waals surface area contributed by atoms with Crippen molar-refractivity contribution < 1.29 is 14.7 Å². The number of halogens is 1. The third kappa shape index (κ3) is 4.24. The van der Waals surface area contributed by atoms with Crippen LogP contribution in [0.2, 0.25) is 0 Å². The van der Waals surface area contributed by atoms with E-state index in [9.17, 15) is 5.11 Å². The molecule has 2 N–H and O–H groups in total. The third-order valence-corrected chi connectivity index (χ3v) is 5.60. The topological polar surface area (TPSA) is 33.9 Å². The van der Waals surface area contributed by atoms with Crippen molar-refractivity contribution in [2.75, 3.05) is 13.2 Å². The molecule has 0 saturated carbocycles. The van der Waals surface area contributed by atoms with Gasteiger partial charge in [-0.15, -0.1) is 0 Å². The van der Waals surface area contributed by atoms with Gasteiger partial charge in [0, 0.05) is 12.8 Å². The lowest BCUT2D eigenvalue weighted by atomic mass is 9.79. The van der Waals surface area contributed by atoms with Crippen LogP contribution in [0.4, 0.5) is 0 Å². The van der Waals surface area contributed by atoms with Crippen molar-refractivity contribution >= 4 is 15.9 Å². The Morgan fingerprint density at radius 1 is 1.18 bits per heavy atom. The average molecular weight is 371 g/mol. The van der Waals surface area contributed by atoms with E-state index in [0.29, 0.717) is 6.61 Å². The van der Waals surface area contributed by atoms with Gasteiger partial charge < -0.3 is 14.7 Å². The standard InChI is InChI=1S/C18H28BrNO2/c1-17(2)10-7-11-18(3,4)20(17)12-14(21)13-22-16-9-6-5-8-15(16)19/h5-6,8-9,14,21H,7,10-13H2,1-4H3/p+1/t14-/m1/s1. The highest BCUT2D eigenvalue weighted by molar-refractivity contribution is 9.10. The van der Waals surface area contributed by atoms with Crippen LogP contribution in [0.5, 0.6) is 5.75 Å². The van der Waals surface area contributed by atoms with Gasteiger partial charge in [0.15, 0.2) is 0 Å². The monoisotopic (exact) mass is 370 g/mol. The predicted molar refractivity (Wildman–Crippen MR) is 93.5 cm³/mol. The van der Waals surface area contributed by atoms with E-state index in [1.165, 1.54) is 24.2 Å². The molecule has 0 aliphatic carbocycles. The molecule has 1 atom stereocenters. The highest BCUT2D eigenvalue weighted by Gasteiger charge is 2.45. The van der Waals surface area contributed by atoms with Crippen molar-refractivity contribution in [2.45, 2.75) is 64.1 Å². The summed E-state index contributed by atoms with van der Waals surface area (Å²) in [6, 6.07) is 7.76. The van der Waals surface area contributed by atoms with Crippen LogP contribution in [0.1, 0.15) is 47.0 Å². The molecule has 1 aliphatic heterocycles. The average Bonchev–Trinajstić information content (AvgIpc) is 2.42. The van der Waals surface area contributed by atoms with Crippen molar-refractivity contribution in [2.24, 2.45) is 0 Å². The van der Waals surface area contributed by atoms with Crippen LogP contribution in [0.25, 0.3) is 0 Å². The minimum atomic E-state index is -0.459. The zero-order valence-corrected chi connectivity index (χ0v) is 15.7. The fourth-order valence-corrected chi connectivity index (χ4v) is 4.18. The van der Waals surface area contributed by atoms with Crippen molar-refractivity contribution in [3.8, 4) is 5.75 Å². The highest BCUT2D eigenvalue weighted by atomic mass is 79.9. The van der Waals surface area contributed by atoms with Gasteiger partial charge >= 0.3 is 0 Å². The molecule has 0 radical (unpaired) electrons. The molecular formula is C18H29BrNO2+. The van der Waals surface area contributed by atoms with E-state index >= 15 is 0 Å². The molecule has 4 heteroatoms. The maximum Gasteiger partial charge on any atom is 0.137 e. The first-order chi connectivity index (χ1) is 10.2. The SMILES string of the molecule is CC1(C)CCCC(C)(C)[NH+]1C[C@@H](O)COc1ccccc1Br. The Hall–Kier alpha value is -0.580. The van der Waals surface area contributed by atoms with Gasteiger partial charge in [-0.05, 0) is 62.2 Å². The molecule has 1 saturated heterocycles. The largest absolute Gasteiger partial charge is 0.489 e. The molecule has 0 aromatic heterocycles. The number of rotatable bonds is 5. The van der Waals surface area contributed by atoms with Crippen LogP contribution in [-0.4, -0.2) is 35.4 Å². The quantitative estimate of drug-likeness (QED) is 0.835. The Labute approximate surface area is 142 Å². The second-order valence-electron chi connectivity index (χ2n) is 7.70. The summed E-state index contributed by atoms with van der Waals surface area (Å²) in [5.41, 5.74) is 0.409. The first-order valence-electron chi connectivity index (χ1n) is 8.14. The normalized spacial score (nSPS) is 22.3. The van der Waals surface area contributed by atoms with Crippen LogP contribution >= 0.6 is 15.9 Å². The van der Waals surface area contributed by atoms with Crippen LogP contribution in [-0.2, 0) is 0 Å². The fourth-order valence-electron chi connectivity index (χ4n) is 3.78. The Morgan fingerprint density at radius 2 is 1.77 bits per heavy atom. The van der Waals surface area contributed by atoms with Gasteiger partial charge in [-0.2, -0.15) is 0 Å². The molecule has 1 fully saturated rings. The van der Waals surface area contributed by atoms with E-state index in [1.54, 1.807) is 0 Å². The summed E-state index contributed by atoms with van der Waals surface area (Å²) in [6.45, 7) is 10.3. The molecule has 3 nitrogen and oxygen atoms in total. The Morgan fingerprint density at radius 3 is 2.36 bits per heavy atom. The molecule has 1 aromatic rings. The fraction of sp³-hybridized carbons (Fsp3) is 0.667. The molecule has 22 heavy (non-hydrogen) atoms. The van der Waals surface area contributed by atoms with Gasteiger partial charge in [-0.25, -0.2) is 0 Å². The predicted octanol–water partition coefficient (Wildman–Crippen LogP) is 2.81. The van der Waals surface area contributed by atoms with Crippen molar-refractivity contribution in [3.63, 3.8) is 0 Å². The van der Waals surface area contributed by atoms with Crippen molar-refractivity contribution in [1.29, 1.82) is 0 Å². The first-order valence-corrected chi connectivity index (χ1v) is 8.94. The van der Waals surface area contributed by atoms with Gasteiger partial charge in [-0.3, -0.25) is 0 Å². The second-order valence-corrected chi connectivity index (χ2v) is 8.55. The molecule has 1 aromatic carbocycles. The minimum Gasteiger partial charge on any atom is -0.489 e. The molecule has 1 aliphatic rings. The molecule has 0 spiro atoms. The smallest absolute Gasteiger partial charge is 0.137 e. The molecular weight excluding hydrogens is 342 g/mol. The summed E-state index contributed by atoms with van der Waals surface area (Å²) >= 11 is 3.47. The third-order valence-electron chi connectivity index (χ3n) is 4.95. The molecule has 124 valence electrons. The highest BCUT2D eigenvalue weighted by Crippen LogP contribution is 2.25. The van der Waals surface area contributed by atoms with Crippen LogP contribution in [0.3, 0.4) is 0 Å². The summed E-state index contributed by atoms with van der Waals surface area (Å²) in [6.07, 6.45) is 3.24. The summed E-state index contributed by atoms with van der Waals surface area (Å²) in [5.74, 6) is 0.786. The number of aliphatic hydroxyl groups is 1. The van der Waals surface area contributed by atoms with Crippen molar-refractivity contribution in [1.82, 2.24) is 0 Å². The van der Waals surface area contributed by atoms with Gasteiger partial charge in [0.25, 0.3) is 0 Å². The number of aliphatic hydroxyl groups excluding tert-OH is 1. The van der Waals surface area contributed by atoms with E-state index in [-0.39, 0.29) is 11.1 Å². The number of hydrogen-bond donors (Lipinski definition) is 2. The molecule has 0 unspecified atom stereocenters. The van der Waals surface area contributed by atoms with E-state index < -0.39 is 6.10 Å². The molecule has 0 amide bonds. The summed E-state index contributed by atoms with van der Waals surface area (Å²) < 4.78 is 6.69. The number of ether oxygens (including phenoxy) is 1. The van der Waals surface area contributed by atoms with Gasteiger partial charge in [0.05, 0.1) is 15.6 Å². The Bertz CT molecular complexity index is 486. The lowest BCUT2D eigenvalue weighted by molar-refractivity contribution is -1.00. The summed E-state index contributed by atoms with van der Waals surface area (Å²) in [7, 11) is 0. The number of piperidine rings is 1. The Balaban J connectivity index is 1.95. The van der Waals surface area contributed by atoms with Crippen LogP contribution in [0.15, 0.2) is 28.7 Å². The van der Waals surface area contributed by atoms with Gasteiger partial charge in [0.2, 0.25) is 0 Å². The van der Waals surface area contributed by atoms with E-state index in [2.05, 4.69) is 43.6 Å². The van der Waals surface area contributed by atoms with E-state index in [1.807, 2.05) is 24.3 Å². The zero-order chi connectivity index (χ0) is 16.4. The molecule has 0 bridgehead atoms. The van der Waals surface area contributed by atoms with Crippen LogP contribution in [0, 0.1) is 0 Å². The maximum absolute atomic E-state index is 10.5. The molecule has 1 heterocycles. The van der Waals surface area contributed by atoms with Gasteiger partial charge in [0.1, 0.15) is 25.0 Å². The number of likely N-dealkylation sites (tertiary alicyclic amines) is 1. The number of hydrogen-bond acceptors (Lipinski definition) is 2. The lowest BCUT2D eigenvalue weighted by Crippen LogP contribution is -3.27. The van der Waals surface area contributed by atoms with Crippen molar-refractivity contribution in [3.05, 3.63) is 28.7 Å². The number of benzene rings is 1. The Kier molecular flexibility index (Phi) is 5.57.